The Morgan fingerprint density at radius 2 is 2.38 bits per heavy atom. The van der Waals surface area contributed by atoms with Gasteiger partial charge in [-0.25, -0.2) is 9.97 Å². The lowest BCUT2D eigenvalue weighted by Crippen LogP contribution is -2.19. The molecule has 2 N–H and O–H groups in total. The van der Waals surface area contributed by atoms with Gasteiger partial charge in [0, 0.05) is 23.5 Å². The number of hydrogen-bond acceptors (Lipinski definition) is 4. The Hall–Kier alpha value is -1.26. The molecule has 4 heteroatoms. The Morgan fingerprint density at radius 3 is 3.19 bits per heavy atom. The highest BCUT2D eigenvalue weighted by molar-refractivity contribution is 7.13. The number of aryl methyl sites for hydroxylation is 1. The van der Waals surface area contributed by atoms with Crippen LogP contribution in [-0.2, 0) is 6.42 Å². The summed E-state index contributed by atoms with van der Waals surface area (Å²) in [4.78, 5) is 10.2. The standard InChI is InChI=1S/C12H13N3S/c13-9-3-1-4-10-8(9)7-14-12(15-10)11-5-2-6-16-11/h2,5-7,9H,1,3-4,13H2. The summed E-state index contributed by atoms with van der Waals surface area (Å²) in [5.74, 6) is 0.836. The molecule has 1 unspecified atom stereocenters. The largest absolute Gasteiger partial charge is 0.324 e. The van der Waals surface area contributed by atoms with Crippen molar-refractivity contribution < 1.29 is 0 Å². The van der Waals surface area contributed by atoms with Gasteiger partial charge in [-0.15, -0.1) is 11.3 Å². The van der Waals surface area contributed by atoms with E-state index in [-0.39, 0.29) is 6.04 Å². The minimum atomic E-state index is 0.126. The van der Waals surface area contributed by atoms with Crippen molar-refractivity contribution in [2.24, 2.45) is 5.73 Å². The SMILES string of the molecule is NC1CCCc2nc(-c3cccs3)ncc21. The first-order chi connectivity index (χ1) is 7.84. The van der Waals surface area contributed by atoms with E-state index in [0.717, 1.165) is 41.2 Å². The lowest BCUT2D eigenvalue weighted by atomic mass is 9.93. The Balaban J connectivity index is 2.05. The van der Waals surface area contributed by atoms with Crippen molar-refractivity contribution in [2.75, 3.05) is 0 Å². The van der Waals surface area contributed by atoms with Crippen LogP contribution < -0.4 is 5.73 Å². The van der Waals surface area contributed by atoms with E-state index in [1.807, 2.05) is 17.6 Å². The zero-order valence-corrected chi connectivity index (χ0v) is 9.70. The maximum Gasteiger partial charge on any atom is 0.169 e. The van der Waals surface area contributed by atoms with Gasteiger partial charge >= 0.3 is 0 Å². The van der Waals surface area contributed by atoms with Gasteiger partial charge in [0.1, 0.15) is 0 Å². The quantitative estimate of drug-likeness (QED) is 0.820. The molecule has 0 saturated carbocycles. The highest BCUT2D eigenvalue weighted by atomic mass is 32.1. The first-order valence-corrected chi connectivity index (χ1v) is 6.38. The summed E-state index contributed by atoms with van der Waals surface area (Å²) >= 11 is 1.67. The van der Waals surface area contributed by atoms with Crippen molar-refractivity contribution in [3.8, 4) is 10.7 Å². The number of hydrogen-bond donors (Lipinski definition) is 1. The number of nitrogens with two attached hydrogens (primary N) is 1. The monoisotopic (exact) mass is 231 g/mol. The van der Waals surface area contributed by atoms with Gasteiger partial charge in [-0.1, -0.05) is 6.07 Å². The molecule has 3 rings (SSSR count). The average Bonchev–Trinajstić information content (AvgIpc) is 2.82. The normalized spacial score (nSPS) is 19.4. The van der Waals surface area contributed by atoms with E-state index in [1.54, 1.807) is 11.3 Å². The second-order valence-corrected chi connectivity index (χ2v) is 5.02. The van der Waals surface area contributed by atoms with Gasteiger partial charge in [-0.2, -0.15) is 0 Å². The molecule has 0 fully saturated rings. The van der Waals surface area contributed by atoms with Crippen molar-refractivity contribution in [3.05, 3.63) is 35.0 Å². The smallest absolute Gasteiger partial charge is 0.169 e. The summed E-state index contributed by atoms with van der Waals surface area (Å²) in [6.45, 7) is 0. The Labute approximate surface area is 98.4 Å². The second-order valence-electron chi connectivity index (χ2n) is 4.07. The minimum absolute atomic E-state index is 0.126. The first kappa shape index (κ1) is 9.93. The van der Waals surface area contributed by atoms with Gasteiger partial charge in [-0.05, 0) is 30.7 Å². The summed E-state index contributed by atoms with van der Waals surface area (Å²) in [5, 5.41) is 2.05. The summed E-state index contributed by atoms with van der Waals surface area (Å²) < 4.78 is 0. The van der Waals surface area contributed by atoms with Crippen LogP contribution in [0.1, 0.15) is 30.1 Å². The molecular weight excluding hydrogens is 218 g/mol. The zero-order chi connectivity index (χ0) is 11.0. The molecule has 0 bridgehead atoms. The van der Waals surface area contributed by atoms with Crippen LogP contribution in [0.4, 0.5) is 0 Å². The number of nitrogens with zero attached hydrogens (tertiary/aromatic N) is 2. The fourth-order valence-corrected chi connectivity index (χ4v) is 2.77. The van der Waals surface area contributed by atoms with E-state index in [2.05, 4.69) is 16.0 Å². The molecule has 3 nitrogen and oxygen atoms in total. The summed E-state index contributed by atoms with van der Waals surface area (Å²) in [7, 11) is 0. The van der Waals surface area contributed by atoms with Gasteiger partial charge in [0.2, 0.25) is 0 Å². The van der Waals surface area contributed by atoms with Crippen LogP contribution in [0.25, 0.3) is 10.7 Å². The van der Waals surface area contributed by atoms with Gasteiger partial charge < -0.3 is 5.73 Å². The molecule has 2 aromatic heterocycles. The molecule has 0 aromatic carbocycles. The van der Waals surface area contributed by atoms with E-state index in [4.69, 9.17) is 5.73 Å². The zero-order valence-electron chi connectivity index (χ0n) is 8.89. The molecule has 0 amide bonds. The Kier molecular flexibility index (Phi) is 2.46. The Bertz CT molecular complexity index is 493. The molecule has 2 heterocycles. The lowest BCUT2D eigenvalue weighted by molar-refractivity contribution is 0.557. The molecule has 0 aliphatic heterocycles. The predicted molar refractivity (Wildman–Crippen MR) is 65.2 cm³/mol. The summed E-state index contributed by atoms with van der Waals surface area (Å²) in [6, 6.07) is 4.20. The molecule has 0 saturated heterocycles. The van der Waals surface area contributed by atoms with Crippen LogP contribution in [0.3, 0.4) is 0 Å². The van der Waals surface area contributed by atoms with Crippen LogP contribution in [0, 0.1) is 0 Å². The van der Waals surface area contributed by atoms with Crippen LogP contribution in [0.15, 0.2) is 23.7 Å². The fourth-order valence-electron chi connectivity index (χ4n) is 2.11. The average molecular weight is 231 g/mol. The van der Waals surface area contributed by atoms with Crippen molar-refractivity contribution >= 4 is 11.3 Å². The number of aromatic nitrogens is 2. The third kappa shape index (κ3) is 1.64. The second kappa shape index (κ2) is 3.96. The predicted octanol–water partition coefficient (Wildman–Crippen LogP) is 2.54. The highest BCUT2D eigenvalue weighted by Crippen LogP contribution is 2.28. The van der Waals surface area contributed by atoms with Gasteiger partial charge in [0.25, 0.3) is 0 Å². The molecule has 82 valence electrons. The van der Waals surface area contributed by atoms with Crippen LogP contribution >= 0.6 is 11.3 Å². The maximum atomic E-state index is 6.04. The van der Waals surface area contributed by atoms with Crippen molar-refractivity contribution in [2.45, 2.75) is 25.3 Å². The molecule has 16 heavy (non-hydrogen) atoms. The maximum absolute atomic E-state index is 6.04. The number of fused-ring (bicyclic) bond motifs is 1. The van der Waals surface area contributed by atoms with E-state index in [0.29, 0.717) is 0 Å². The van der Waals surface area contributed by atoms with E-state index in [1.165, 1.54) is 0 Å². The number of rotatable bonds is 1. The van der Waals surface area contributed by atoms with Crippen LogP contribution in [0.5, 0.6) is 0 Å². The fraction of sp³-hybridized carbons (Fsp3) is 0.333. The minimum Gasteiger partial charge on any atom is -0.324 e. The molecule has 0 radical (unpaired) electrons. The molecule has 2 aromatic rings. The van der Waals surface area contributed by atoms with Gasteiger partial charge in [0.05, 0.1) is 4.88 Å². The number of thiophene rings is 1. The van der Waals surface area contributed by atoms with E-state index < -0.39 is 0 Å². The molecular formula is C12H13N3S. The van der Waals surface area contributed by atoms with E-state index in [9.17, 15) is 0 Å². The van der Waals surface area contributed by atoms with Crippen molar-refractivity contribution in [1.82, 2.24) is 9.97 Å². The highest BCUT2D eigenvalue weighted by Gasteiger charge is 2.19. The molecule has 0 spiro atoms. The first-order valence-electron chi connectivity index (χ1n) is 5.50. The van der Waals surface area contributed by atoms with Crippen LogP contribution in [0.2, 0.25) is 0 Å². The third-order valence-corrected chi connectivity index (χ3v) is 3.84. The van der Waals surface area contributed by atoms with Crippen molar-refractivity contribution in [1.29, 1.82) is 0 Å². The third-order valence-electron chi connectivity index (χ3n) is 2.97. The topological polar surface area (TPSA) is 51.8 Å². The Morgan fingerprint density at radius 1 is 1.44 bits per heavy atom. The molecule has 1 atom stereocenters. The summed E-state index contributed by atoms with van der Waals surface area (Å²) in [6.07, 6.45) is 5.12. The molecule has 1 aliphatic rings. The summed E-state index contributed by atoms with van der Waals surface area (Å²) in [5.41, 5.74) is 8.31. The molecule has 1 aliphatic carbocycles. The van der Waals surface area contributed by atoms with Crippen molar-refractivity contribution in [3.63, 3.8) is 0 Å². The van der Waals surface area contributed by atoms with Gasteiger partial charge in [-0.3, -0.25) is 0 Å². The van der Waals surface area contributed by atoms with E-state index >= 15 is 0 Å². The van der Waals surface area contributed by atoms with Gasteiger partial charge in [0.15, 0.2) is 5.82 Å². The lowest BCUT2D eigenvalue weighted by Gasteiger charge is -2.20. The van der Waals surface area contributed by atoms with Crippen LogP contribution in [-0.4, -0.2) is 9.97 Å².